The van der Waals surface area contributed by atoms with Crippen LogP contribution in [0.5, 0.6) is 0 Å². The summed E-state index contributed by atoms with van der Waals surface area (Å²) in [6, 6.07) is 0. The molecule has 0 aliphatic carbocycles. The van der Waals surface area contributed by atoms with Gasteiger partial charge in [-0.3, -0.25) is 9.52 Å². The fraction of sp³-hybridized carbons (Fsp3) is 0.875. The van der Waals surface area contributed by atoms with E-state index in [4.69, 9.17) is 0 Å². The van der Waals surface area contributed by atoms with Crippen LogP contribution < -0.4 is 28.7 Å². The molecule has 0 rings (SSSR count). The number of nitrogens with zero attached hydrogens (tertiary/aromatic N) is 1. The monoisotopic (exact) mass is 574 g/mol. The van der Waals surface area contributed by atoms with Crippen molar-refractivity contribution in [2.75, 3.05) is 33.4 Å². The molecule has 0 unspecified atom stereocenters. The summed E-state index contributed by atoms with van der Waals surface area (Å²) in [5.74, 6) is -0.390. The molecule has 188 valence electrons. The summed E-state index contributed by atoms with van der Waals surface area (Å²) in [6.45, 7) is 2.73. The van der Waals surface area contributed by atoms with E-state index in [2.05, 4.69) is 23.8 Å². The number of hydrogen-bond acceptors (Lipinski definition) is 3. The van der Waals surface area contributed by atoms with E-state index in [1.165, 1.54) is 57.8 Å². The van der Waals surface area contributed by atoms with Gasteiger partial charge in [0.1, 0.15) is 5.75 Å². The van der Waals surface area contributed by atoms with Crippen LogP contribution in [0.1, 0.15) is 104 Å². The Bertz CT molecular complexity index is 544. The van der Waals surface area contributed by atoms with Gasteiger partial charge in [-0.05, 0) is 32.1 Å². The van der Waals surface area contributed by atoms with E-state index in [9.17, 15) is 13.2 Å². The molecular weight excluding hydrogens is 523 g/mol. The van der Waals surface area contributed by atoms with Crippen molar-refractivity contribution in [2.45, 2.75) is 104 Å². The number of rotatable bonds is 19. The summed E-state index contributed by atoms with van der Waals surface area (Å²) in [7, 11) is 2.29. The van der Waals surface area contributed by atoms with Crippen molar-refractivity contribution in [3.05, 3.63) is 12.2 Å². The molecule has 0 spiro atoms. The van der Waals surface area contributed by atoms with Gasteiger partial charge in [-0.15, -0.1) is 0 Å². The van der Waals surface area contributed by atoms with Crippen molar-refractivity contribution in [1.29, 1.82) is 0 Å². The van der Waals surface area contributed by atoms with Crippen LogP contribution in [0.15, 0.2) is 12.2 Å². The predicted octanol–water partition coefficient (Wildman–Crippen LogP) is 2.82. The number of allylic oxidation sites excluding steroid dienone is 2. The van der Waals surface area contributed by atoms with Crippen molar-refractivity contribution in [3.63, 3.8) is 0 Å². The van der Waals surface area contributed by atoms with Crippen molar-refractivity contribution in [2.24, 2.45) is 0 Å². The molecule has 1 N–H and O–H groups in total. The lowest BCUT2D eigenvalue weighted by Gasteiger charge is -2.23. The van der Waals surface area contributed by atoms with Crippen molar-refractivity contribution >= 4 is 15.9 Å². The van der Waals surface area contributed by atoms with E-state index in [1.54, 1.807) is 0 Å². The fourth-order valence-electron chi connectivity index (χ4n) is 3.03. The first-order valence-electron chi connectivity index (χ1n) is 11.6. The molecule has 31 heavy (non-hydrogen) atoms. The maximum absolute atomic E-state index is 11.9. The van der Waals surface area contributed by atoms with Crippen LogP contribution in [0.25, 0.3) is 0 Å². The van der Waals surface area contributed by atoms with E-state index in [1.807, 2.05) is 21.1 Å². The number of nitrogens with one attached hydrogen (secondary N) is 1. The number of halogens is 1. The molecule has 5 nitrogen and oxygen atoms in total. The average molecular weight is 575 g/mol. The summed E-state index contributed by atoms with van der Waals surface area (Å²) in [5.41, 5.74) is 0. The lowest BCUT2D eigenvalue weighted by atomic mass is 10.1. The number of amides is 1. The van der Waals surface area contributed by atoms with Crippen LogP contribution in [-0.2, 0) is 14.8 Å². The van der Waals surface area contributed by atoms with Crippen molar-refractivity contribution in [1.82, 2.24) is 4.72 Å². The third-order valence-corrected chi connectivity index (χ3v) is 6.22. The Balaban J connectivity index is -0.00000392. The maximum Gasteiger partial charge on any atom is 0.240 e. The lowest BCUT2D eigenvalue weighted by Crippen LogP contribution is -3.00. The Hall–Kier alpha value is -0.150. The van der Waals surface area contributed by atoms with Gasteiger partial charge in [0.2, 0.25) is 15.9 Å². The maximum atomic E-state index is 11.9. The van der Waals surface area contributed by atoms with E-state index in [-0.39, 0.29) is 43.1 Å². The zero-order valence-electron chi connectivity index (χ0n) is 19.9. The number of sulfonamides is 1. The summed E-state index contributed by atoms with van der Waals surface area (Å²) < 4.78 is 26.6. The van der Waals surface area contributed by atoms with Gasteiger partial charge in [0.15, 0.2) is 0 Å². The Morgan fingerprint density at radius 2 is 1.26 bits per heavy atom. The highest BCUT2D eigenvalue weighted by atomic mass is 127. The highest BCUT2D eigenvalue weighted by molar-refractivity contribution is 7.90. The molecule has 0 fully saturated rings. The average Bonchev–Trinajstić information content (AvgIpc) is 2.62. The second-order valence-corrected chi connectivity index (χ2v) is 11.0. The minimum Gasteiger partial charge on any atom is -1.00 e. The second kappa shape index (κ2) is 21.7. The summed E-state index contributed by atoms with van der Waals surface area (Å²) >= 11 is 0. The van der Waals surface area contributed by atoms with Crippen LogP contribution in [-0.4, -0.2) is 52.2 Å². The van der Waals surface area contributed by atoms with Crippen LogP contribution in [0.3, 0.4) is 0 Å². The van der Waals surface area contributed by atoms with Gasteiger partial charge in [-0.1, -0.05) is 77.9 Å². The quantitative estimate of drug-likeness (QED) is 0.112. The Morgan fingerprint density at radius 3 is 1.74 bits per heavy atom. The highest BCUT2D eigenvalue weighted by Gasteiger charge is 2.18. The summed E-state index contributed by atoms with van der Waals surface area (Å²) in [4.78, 5) is 11.8. The Labute approximate surface area is 211 Å². The van der Waals surface area contributed by atoms with Crippen LogP contribution >= 0.6 is 0 Å². The largest absolute Gasteiger partial charge is 1.00 e. The second-order valence-electron chi connectivity index (χ2n) is 9.19. The Morgan fingerprint density at radius 1 is 0.806 bits per heavy atom. The molecule has 0 saturated carbocycles. The van der Waals surface area contributed by atoms with Gasteiger partial charge in [-0.2, -0.15) is 0 Å². The molecular formula is C24H51IN2O3S. The summed E-state index contributed by atoms with van der Waals surface area (Å²) in [5, 5.41) is 0. The zero-order chi connectivity index (χ0) is 22.0. The smallest absolute Gasteiger partial charge is 0.240 e. The number of carbonyl (C=O) groups excluding carboxylic acids is 1. The van der Waals surface area contributed by atoms with Gasteiger partial charge in [0.25, 0.3) is 0 Å². The topological polar surface area (TPSA) is 63.2 Å². The van der Waals surface area contributed by atoms with Gasteiger partial charge >= 0.3 is 0 Å². The molecule has 0 radical (unpaired) electrons. The number of quaternary nitrogens is 1. The Kier molecular flexibility index (Phi) is 24.8. The lowest BCUT2D eigenvalue weighted by molar-refractivity contribution is -0.867. The first-order valence-corrected chi connectivity index (χ1v) is 13.3. The first kappa shape index (κ1) is 35.4. The number of carbonyl (C=O) groups is 1. The van der Waals surface area contributed by atoms with Gasteiger partial charge in [0, 0.05) is 6.42 Å². The van der Waals surface area contributed by atoms with Crippen molar-refractivity contribution in [3.8, 4) is 0 Å². The molecule has 1 amide bonds. The minimum atomic E-state index is -3.51. The fourth-order valence-corrected chi connectivity index (χ4v) is 4.36. The molecule has 0 atom stereocenters. The normalized spacial score (nSPS) is 11.7. The highest BCUT2D eigenvalue weighted by Crippen LogP contribution is 2.10. The molecule has 0 aromatic heterocycles. The van der Waals surface area contributed by atoms with E-state index >= 15 is 0 Å². The predicted molar refractivity (Wildman–Crippen MR) is 131 cm³/mol. The number of hydrogen-bond donors (Lipinski definition) is 1. The standard InChI is InChI=1S/C23H46N2O3S.CH4.HI/c1-5-6-7-8-9-10-11-12-13-14-15-16-17-18-19-20-23(26)24-29(27,28)22-21-25(2,3)4;;/h12-13H,5-11,14-22H2,1-4H3;1H4;1H/b13-12-;;. The molecule has 0 aromatic rings. The SMILES string of the molecule is C.CCCCCCCC/C=C\CCCCCCCC(=O)NS(=O)(=O)CC[N+](C)(C)C.[I-]. The minimum absolute atomic E-state index is 0. The van der Waals surface area contributed by atoms with Gasteiger partial charge in [0.05, 0.1) is 27.7 Å². The summed E-state index contributed by atoms with van der Waals surface area (Å²) in [6.07, 6.45) is 20.6. The van der Waals surface area contributed by atoms with Crippen LogP contribution in [0.2, 0.25) is 0 Å². The first-order chi connectivity index (χ1) is 13.7. The van der Waals surface area contributed by atoms with E-state index in [0.29, 0.717) is 17.4 Å². The zero-order valence-corrected chi connectivity index (χ0v) is 22.9. The number of unbranched alkanes of at least 4 members (excludes halogenated alkanes) is 11. The van der Waals surface area contributed by atoms with Crippen LogP contribution in [0, 0.1) is 0 Å². The third kappa shape index (κ3) is 27.8. The van der Waals surface area contributed by atoms with Gasteiger partial charge < -0.3 is 28.5 Å². The molecule has 0 bridgehead atoms. The van der Waals surface area contributed by atoms with E-state index < -0.39 is 10.0 Å². The van der Waals surface area contributed by atoms with E-state index in [0.717, 1.165) is 25.7 Å². The third-order valence-electron chi connectivity index (χ3n) is 4.97. The molecule has 0 saturated heterocycles. The van der Waals surface area contributed by atoms with Crippen LogP contribution in [0.4, 0.5) is 0 Å². The molecule has 0 aliphatic heterocycles. The molecule has 0 heterocycles. The molecule has 0 aliphatic rings. The van der Waals surface area contributed by atoms with Gasteiger partial charge in [-0.25, -0.2) is 8.42 Å². The molecule has 7 heteroatoms. The molecule has 0 aromatic carbocycles. The van der Waals surface area contributed by atoms with Crippen molar-refractivity contribution < 1.29 is 41.7 Å².